The van der Waals surface area contributed by atoms with E-state index < -0.39 is 0 Å². The average Bonchev–Trinajstić information content (AvgIpc) is 2.34. The van der Waals surface area contributed by atoms with Gasteiger partial charge in [0, 0.05) is 18.6 Å². The molecule has 0 heterocycles. The lowest BCUT2D eigenvalue weighted by molar-refractivity contribution is 0.116. The summed E-state index contributed by atoms with van der Waals surface area (Å²) in [6.45, 7) is 5.76. The van der Waals surface area contributed by atoms with E-state index in [-0.39, 0.29) is 6.04 Å². The summed E-state index contributed by atoms with van der Waals surface area (Å²) in [6.07, 6.45) is 4.21. The van der Waals surface area contributed by atoms with Crippen LogP contribution in [0.1, 0.15) is 44.7 Å². The van der Waals surface area contributed by atoms with E-state index in [1.54, 1.807) is 0 Å². The van der Waals surface area contributed by atoms with Crippen LogP contribution in [-0.4, -0.2) is 24.5 Å². The molecule has 1 aromatic rings. The van der Waals surface area contributed by atoms with E-state index in [0.717, 1.165) is 5.92 Å². The van der Waals surface area contributed by atoms with Gasteiger partial charge in [-0.3, -0.25) is 0 Å². The van der Waals surface area contributed by atoms with Crippen molar-refractivity contribution in [3.63, 3.8) is 0 Å². The number of nitrogens with zero attached hydrogens (tertiary/aromatic N) is 1. The second-order valence-electron chi connectivity index (χ2n) is 6.41. The summed E-state index contributed by atoms with van der Waals surface area (Å²) >= 11 is 0. The van der Waals surface area contributed by atoms with E-state index in [2.05, 4.69) is 56.1 Å². The van der Waals surface area contributed by atoms with Crippen LogP contribution in [0.4, 0.5) is 0 Å². The average molecular weight is 260 g/mol. The zero-order valence-corrected chi connectivity index (χ0v) is 12.5. The van der Waals surface area contributed by atoms with Crippen molar-refractivity contribution in [1.29, 1.82) is 0 Å². The highest BCUT2D eigenvalue weighted by atomic mass is 15.2. The zero-order chi connectivity index (χ0) is 13.8. The third kappa shape index (κ3) is 3.58. The Morgan fingerprint density at radius 2 is 1.84 bits per heavy atom. The van der Waals surface area contributed by atoms with Crippen molar-refractivity contribution in [1.82, 2.24) is 4.90 Å². The Kier molecular flexibility index (Phi) is 5.00. The molecule has 2 rings (SSSR count). The van der Waals surface area contributed by atoms with Crippen LogP contribution in [0.15, 0.2) is 30.3 Å². The quantitative estimate of drug-likeness (QED) is 0.849. The second kappa shape index (κ2) is 6.53. The summed E-state index contributed by atoms with van der Waals surface area (Å²) in [6, 6.07) is 11.0. The van der Waals surface area contributed by atoms with Crippen molar-refractivity contribution in [3.05, 3.63) is 35.9 Å². The number of rotatable bonds is 6. The zero-order valence-electron chi connectivity index (χ0n) is 12.5. The summed E-state index contributed by atoms with van der Waals surface area (Å²) in [4.78, 5) is 2.49. The van der Waals surface area contributed by atoms with E-state index in [1.807, 2.05) is 0 Å². The molecule has 1 saturated carbocycles. The van der Waals surface area contributed by atoms with Gasteiger partial charge in [0.25, 0.3) is 0 Å². The first kappa shape index (κ1) is 14.5. The Morgan fingerprint density at radius 1 is 1.21 bits per heavy atom. The summed E-state index contributed by atoms with van der Waals surface area (Å²) < 4.78 is 0. The first-order valence-corrected chi connectivity index (χ1v) is 7.60. The molecule has 2 unspecified atom stereocenters. The van der Waals surface area contributed by atoms with Gasteiger partial charge in [-0.1, -0.05) is 50.6 Å². The standard InChI is InChI=1S/C17H28N2/c1-13(2)17(19(3)12-14-8-7-9-14)16(18)15-10-5-4-6-11-15/h4-6,10-11,13-14,16-17H,7-9,12,18H2,1-3H3. The summed E-state index contributed by atoms with van der Waals surface area (Å²) in [5.74, 6) is 1.47. The van der Waals surface area contributed by atoms with Gasteiger partial charge in [-0.05, 0) is 37.3 Å². The number of hydrogen-bond donors (Lipinski definition) is 1. The molecule has 2 heteroatoms. The summed E-state index contributed by atoms with van der Waals surface area (Å²) in [5.41, 5.74) is 7.79. The smallest absolute Gasteiger partial charge is 0.0455 e. The van der Waals surface area contributed by atoms with Crippen LogP contribution in [0.25, 0.3) is 0 Å². The maximum Gasteiger partial charge on any atom is 0.0455 e. The molecule has 0 amide bonds. The van der Waals surface area contributed by atoms with Crippen LogP contribution in [0.3, 0.4) is 0 Å². The fourth-order valence-corrected chi connectivity index (χ4v) is 3.27. The molecule has 2 nitrogen and oxygen atoms in total. The second-order valence-corrected chi connectivity index (χ2v) is 6.41. The Labute approximate surface area is 118 Å². The third-order valence-electron chi connectivity index (χ3n) is 4.52. The van der Waals surface area contributed by atoms with Crippen LogP contribution in [0.2, 0.25) is 0 Å². The molecule has 1 aliphatic rings. The van der Waals surface area contributed by atoms with Crippen LogP contribution < -0.4 is 5.73 Å². The van der Waals surface area contributed by atoms with Gasteiger partial charge in [0.2, 0.25) is 0 Å². The van der Waals surface area contributed by atoms with Gasteiger partial charge in [-0.15, -0.1) is 0 Å². The SMILES string of the molecule is CC(C)C(C(N)c1ccccc1)N(C)CC1CCC1. The van der Waals surface area contributed by atoms with Crippen LogP contribution >= 0.6 is 0 Å². The molecule has 1 aliphatic carbocycles. The maximum atomic E-state index is 6.53. The van der Waals surface area contributed by atoms with Gasteiger partial charge >= 0.3 is 0 Å². The molecule has 0 radical (unpaired) electrons. The van der Waals surface area contributed by atoms with Gasteiger partial charge in [0.15, 0.2) is 0 Å². The third-order valence-corrected chi connectivity index (χ3v) is 4.52. The van der Waals surface area contributed by atoms with Crippen molar-refractivity contribution in [2.75, 3.05) is 13.6 Å². The van der Waals surface area contributed by atoms with Crippen molar-refractivity contribution in [3.8, 4) is 0 Å². The van der Waals surface area contributed by atoms with Crippen molar-refractivity contribution in [2.45, 2.75) is 45.2 Å². The highest BCUT2D eigenvalue weighted by Gasteiger charge is 2.29. The normalized spacial score (nSPS) is 19.5. The molecule has 0 spiro atoms. The van der Waals surface area contributed by atoms with Crippen LogP contribution in [-0.2, 0) is 0 Å². The first-order chi connectivity index (χ1) is 9.09. The van der Waals surface area contributed by atoms with Crippen molar-refractivity contribution < 1.29 is 0 Å². The molecule has 106 valence electrons. The molecular formula is C17H28N2. The Balaban J connectivity index is 2.05. The number of hydrogen-bond acceptors (Lipinski definition) is 2. The largest absolute Gasteiger partial charge is 0.323 e. The lowest BCUT2D eigenvalue weighted by Gasteiger charge is -2.39. The van der Waals surface area contributed by atoms with Gasteiger partial charge in [0.1, 0.15) is 0 Å². The highest BCUT2D eigenvalue weighted by molar-refractivity contribution is 5.20. The minimum absolute atomic E-state index is 0.103. The van der Waals surface area contributed by atoms with Crippen molar-refractivity contribution in [2.24, 2.45) is 17.6 Å². The molecule has 19 heavy (non-hydrogen) atoms. The Bertz CT molecular complexity index is 370. The minimum Gasteiger partial charge on any atom is -0.323 e. The summed E-state index contributed by atoms with van der Waals surface area (Å²) in [5, 5.41) is 0. The molecule has 0 saturated heterocycles. The topological polar surface area (TPSA) is 29.3 Å². The fourth-order valence-electron chi connectivity index (χ4n) is 3.27. The maximum absolute atomic E-state index is 6.53. The van der Waals surface area contributed by atoms with E-state index >= 15 is 0 Å². The van der Waals surface area contributed by atoms with E-state index in [4.69, 9.17) is 5.73 Å². The number of benzene rings is 1. The molecular weight excluding hydrogens is 232 g/mol. The Morgan fingerprint density at radius 3 is 2.32 bits per heavy atom. The lowest BCUT2D eigenvalue weighted by Crippen LogP contribution is -2.46. The lowest BCUT2D eigenvalue weighted by atomic mass is 9.83. The molecule has 0 aromatic heterocycles. The van der Waals surface area contributed by atoms with Crippen LogP contribution in [0, 0.1) is 11.8 Å². The molecule has 0 bridgehead atoms. The van der Waals surface area contributed by atoms with Gasteiger partial charge in [0.05, 0.1) is 0 Å². The fraction of sp³-hybridized carbons (Fsp3) is 0.647. The number of nitrogens with two attached hydrogens (primary N) is 1. The van der Waals surface area contributed by atoms with Gasteiger partial charge in [-0.25, -0.2) is 0 Å². The summed E-state index contributed by atoms with van der Waals surface area (Å²) in [7, 11) is 2.24. The molecule has 2 N–H and O–H groups in total. The van der Waals surface area contributed by atoms with E-state index in [0.29, 0.717) is 12.0 Å². The predicted octanol–water partition coefficient (Wildman–Crippen LogP) is 3.44. The van der Waals surface area contributed by atoms with Crippen molar-refractivity contribution >= 4 is 0 Å². The molecule has 0 aliphatic heterocycles. The Hall–Kier alpha value is -0.860. The van der Waals surface area contributed by atoms with Crippen LogP contribution in [0.5, 0.6) is 0 Å². The van der Waals surface area contributed by atoms with Gasteiger partial charge in [-0.2, -0.15) is 0 Å². The predicted molar refractivity (Wildman–Crippen MR) is 82.0 cm³/mol. The monoisotopic (exact) mass is 260 g/mol. The van der Waals surface area contributed by atoms with E-state index in [9.17, 15) is 0 Å². The van der Waals surface area contributed by atoms with E-state index in [1.165, 1.54) is 31.4 Å². The number of likely N-dealkylation sites (N-methyl/N-ethyl adjacent to an activating group) is 1. The molecule has 2 atom stereocenters. The highest BCUT2D eigenvalue weighted by Crippen LogP contribution is 2.30. The first-order valence-electron chi connectivity index (χ1n) is 7.60. The van der Waals surface area contributed by atoms with Gasteiger partial charge < -0.3 is 10.6 Å². The molecule has 1 fully saturated rings. The molecule has 1 aromatic carbocycles. The minimum atomic E-state index is 0.103.